The summed E-state index contributed by atoms with van der Waals surface area (Å²) >= 11 is 1.20. The molecule has 1 aliphatic heterocycles. The molecule has 3 N–H and O–H groups in total. The Morgan fingerprint density at radius 3 is 2.35 bits per heavy atom. The van der Waals surface area contributed by atoms with Crippen LogP contribution in [0.3, 0.4) is 0 Å². The van der Waals surface area contributed by atoms with E-state index in [1.165, 1.54) is 18.0 Å². The monoisotopic (exact) mass is 514 g/mol. The smallest absolute Gasteiger partial charge is 0.254 e. The number of benzene rings is 2. The first-order valence-corrected chi connectivity index (χ1v) is 12.5. The molecule has 2 aromatic carbocycles. The van der Waals surface area contributed by atoms with Gasteiger partial charge in [-0.25, -0.2) is 0 Å². The molecule has 1 atom stereocenters. The Morgan fingerprint density at radius 2 is 1.73 bits per heavy atom. The van der Waals surface area contributed by atoms with Gasteiger partial charge in [0.15, 0.2) is 0 Å². The fourth-order valence-electron chi connectivity index (χ4n) is 3.91. The Hall–Kier alpha value is -4.42. The second-order valence-electron chi connectivity index (χ2n) is 8.35. The highest BCUT2D eigenvalue weighted by Gasteiger charge is 2.36. The zero-order chi connectivity index (χ0) is 26.4. The highest BCUT2D eigenvalue weighted by Crippen LogP contribution is 2.41. The second-order valence-corrected chi connectivity index (χ2v) is 9.34. The number of carbonyl (C=O) groups is 2. The maximum absolute atomic E-state index is 13.4. The van der Waals surface area contributed by atoms with Gasteiger partial charge >= 0.3 is 0 Å². The fraction of sp³-hybridized carbons (Fsp3) is 0.179. The lowest BCUT2D eigenvalue weighted by atomic mass is 9.85. The SMILES string of the molecule is COc1ccc(NC(=O)C2=C(C)NC(SCC(=O)Nc3ccc(C)cc3)=C(C#N)[C@H]2c2ccco2)cc1. The molecule has 0 unspecified atom stereocenters. The number of amides is 2. The van der Waals surface area contributed by atoms with Gasteiger partial charge in [0, 0.05) is 17.1 Å². The number of hydrogen-bond acceptors (Lipinski definition) is 7. The molecule has 3 aromatic rings. The number of nitriles is 1. The molecule has 188 valence electrons. The van der Waals surface area contributed by atoms with Crippen molar-refractivity contribution >= 4 is 35.0 Å². The molecule has 0 saturated carbocycles. The molecule has 37 heavy (non-hydrogen) atoms. The lowest BCUT2D eigenvalue weighted by Gasteiger charge is -2.28. The van der Waals surface area contributed by atoms with Crippen molar-refractivity contribution in [2.75, 3.05) is 23.5 Å². The first kappa shape index (κ1) is 25.7. The first-order chi connectivity index (χ1) is 17.9. The third-order valence-electron chi connectivity index (χ3n) is 5.75. The quantitative estimate of drug-likeness (QED) is 0.373. The van der Waals surface area contributed by atoms with E-state index < -0.39 is 5.92 Å². The van der Waals surface area contributed by atoms with E-state index in [4.69, 9.17) is 9.15 Å². The van der Waals surface area contributed by atoms with Crippen LogP contribution in [0.5, 0.6) is 5.75 Å². The molecule has 0 aliphatic carbocycles. The number of hydrogen-bond donors (Lipinski definition) is 3. The van der Waals surface area contributed by atoms with Crippen LogP contribution in [0.15, 0.2) is 93.2 Å². The van der Waals surface area contributed by atoms with Gasteiger partial charge in [0.25, 0.3) is 5.91 Å². The van der Waals surface area contributed by atoms with E-state index in [1.807, 2.05) is 31.2 Å². The van der Waals surface area contributed by atoms with Gasteiger partial charge in [-0.15, -0.1) is 0 Å². The van der Waals surface area contributed by atoms with Crippen LogP contribution < -0.4 is 20.7 Å². The summed E-state index contributed by atoms with van der Waals surface area (Å²) in [5.41, 5.74) is 3.60. The molecule has 0 radical (unpaired) electrons. The minimum atomic E-state index is -0.734. The standard InChI is InChI=1S/C28H26N4O4S/c1-17-6-8-19(9-7-17)31-24(33)16-37-28-22(15-29)26(23-5-4-14-36-23)25(18(2)30-28)27(34)32-20-10-12-21(35-3)13-11-20/h4-14,26,30H,16H2,1-3H3,(H,31,33)(H,32,34)/t26-/m0/s1. The maximum atomic E-state index is 13.4. The molecule has 9 heteroatoms. The van der Waals surface area contributed by atoms with Crippen LogP contribution in [0.4, 0.5) is 11.4 Å². The summed E-state index contributed by atoms with van der Waals surface area (Å²) in [6, 6.07) is 20.1. The minimum absolute atomic E-state index is 0.0763. The van der Waals surface area contributed by atoms with Crippen molar-refractivity contribution in [3.63, 3.8) is 0 Å². The summed E-state index contributed by atoms with van der Waals surface area (Å²) in [5.74, 6) is -0.108. The Balaban J connectivity index is 1.56. The van der Waals surface area contributed by atoms with E-state index in [9.17, 15) is 14.9 Å². The number of ether oxygens (including phenoxy) is 1. The highest BCUT2D eigenvalue weighted by atomic mass is 32.2. The normalized spacial score (nSPS) is 15.0. The molecular formula is C28H26N4O4S. The number of carbonyl (C=O) groups excluding carboxylic acids is 2. The summed E-state index contributed by atoms with van der Waals surface area (Å²) in [6.45, 7) is 3.74. The van der Waals surface area contributed by atoms with Crippen molar-refractivity contribution in [3.05, 3.63) is 100 Å². The van der Waals surface area contributed by atoms with Gasteiger partial charge < -0.3 is 25.1 Å². The Morgan fingerprint density at radius 1 is 1.05 bits per heavy atom. The molecule has 0 saturated heterocycles. The maximum Gasteiger partial charge on any atom is 0.254 e. The van der Waals surface area contributed by atoms with Gasteiger partial charge in [0.1, 0.15) is 11.5 Å². The molecule has 8 nitrogen and oxygen atoms in total. The fourth-order valence-corrected chi connectivity index (χ4v) is 4.80. The van der Waals surface area contributed by atoms with Gasteiger partial charge in [0.05, 0.1) is 47.3 Å². The zero-order valence-electron chi connectivity index (χ0n) is 20.6. The van der Waals surface area contributed by atoms with Gasteiger partial charge in [-0.1, -0.05) is 29.5 Å². The average Bonchev–Trinajstić information content (AvgIpc) is 3.43. The lowest BCUT2D eigenvalue weighted by Crippen LogP contribution is -2.31. The van der Waals surface area contributed by atoms with Crippen LogP contribution in [0.1, 0.15) is 24.2 Å². The van der Waals surface area contributed by atoms with Crippen LogP contribution in [-0.2, 0) is 9.59 Å². The number of nitrogens with one attached hydrogen (secondary N) is 3. The number of allylic oxidation sites excluding steroid dienone is 2. The topological polar surface area (TPSA) is 116 Å². The molecule has 1 aliphatic rings. The van der Waals surface area contributed by atoms with Crippen molar-refractivity contribution in [1.29, 1.82) is 5.26 Å². The Bertz CT molecular complexity index is 1390. The van der Waals surface area contributed by atoms with Crippen LogP contribution in [0.25, 0.3) is 0 Å². The van der Waals surface area contributed by atoms with Crippen LogP contribution >= 0.6 is 11.8 Å². The summed E-state index contributed by atoms with van der Waals surface area (Å²) in [7, 11) is 1.57. The third kappa shape index (κ3) is 6.05. The van der Waals surface area contributed by atoms with Crippen molar-refractivity contribution in [1.82, 2.24) is 5.32 Å². The molecule has 0 bridgehead atoms. The first-order valence-electron chi connectivity index (χ1n) is 11.5. The molecule has 2 amide bonds. The molecule has 0 fully saturated rings. The zero-order valence-corrected chi connectivity index (χ0v) is 21.4. The highest BCUT2D eigenvalue weighted by molar-refractivity contribution is 8.03. The van der Waals surface area contributed by atoms with Gasteiger partial charge in [-0.3, -0.25) is 9.59 Å². The van der Waals surface area contributed by atoms with E-state index in [1.54, 1.807) is 50.4 Å². The van der Waals surface area contributed by atoms with Crippen molar-refractivity contribution in [3.8, 4) is 11.8 Å². The largest absolute Gasteiger partial charge is 0.497 e. The van der Waals surface area contributed by atoms with Crippen LogP contribution in [-0.4, -0.2) is 24.7 Å². The predicted octanol–water partition coefficient (Wildman–Crippen LogP) is 5.30. The van der Waals surface area contributed by atoms with Gasteiger partial charge in [-0.05, 0) is 62.4 Å². The van der Waals surface area contributed by atoms with E-state index in [-0.39, 0.29) is 17.6 Å². The number of nitrogens with zero attached hydrogens (tertiary/aromatic N) is 1. The number of dihydropyridines is 1. The summed E-state index contributed by atoms with van der Waals surface area (Å²) in [6.07, 6.45) is 1.50. The number of thioether (sulfide) groups is 1. The molecule has 2 heterocycles. The third-order valence-corrected chi connectivity index (χ3v) is 6.77. The molecule has 4 rings (SSSR count). The molecule has 0 spiro atoms. The Kier molecular flexibility index (Phi) is 8.01. The summed E-state index contributed by atoms with van der Waals surface area (Å²) < 4.78 is 10.8. The van der Waals surface area contributed by atoms with E-state index >= 15 is 0 Å². The second kappa shape index (κ2) is 11.5. The van der Waals surface area contributed by atoms with Crippen molar-refractivity contribution in [2.45, 2.75) is 19.8 Å². The molecule has 1 aromatic heterocycles. The lowest BCUT2D eigenvalue weighted by molar-refractivity contribution is -0.114. The number of furan rings is 1. The average molecular weight is 515 g/mol. The number of rotatable bonds is 8. The predicted molar refractivity (Wildman–Crippen MR) is 144 cm³/mol. The Labute approximate surface area is 219 Å². The van der Waals surface area contributed by atoms with Crippen molar-refractivity contribution < 1.29 is 18.7 Å². The van der Waals surface area contributed by atoms with Crippen LogP contribution in [0, 0.1) is 18.3 Å². The van der Waals surface area contributed by atoms with Gasteiger partial charge in [0.2, 0.25) is 5.91 Å². The van der Waals surface area contributed by atoms with Crippen LogP contribution in [0.2, 0.25) is 0 Å². The van der Waals surface area contributed by atoms with E-state index in [2.05, 4.69) is 22.0 Å². The van der Waals surface area contributed by atoms with Gasteiger partial charge in [-0.2, -0.15) is 5.26 Å². The van der Waals surface area contributed by atoms with E-state index in [0.29, 0.717) is 44.8 Å². The molecular weight excluding hydrogens is 488 g/mol. The summed E-state index contributed by atoms with van der Waals surface area (Å²) in [4.78, 5) is 26.0. The number of anilines is 2. The minimum Gasteiger partial charge on any atom is -0.497 e. The van der Waals surface area contributed by atoms with E-state index in [0.717, 1.165) is 5.56 Å². The number of aryl methyl sites for hydroxylation is 1. The van der Waals surface area contributed by atoms with Crippen molar-refractivity contribution in [2.24, 2.45) is 0 Å². The number of methoxy groups -OCH3 is 1. The summed E-state index contributed by atoms with van der Waals surface area (Å²) in [5, 5.41) is 19.5.